The summed E-state index contributed by atoms with van der Waals surface area (Å²) >= 11 is 20.8. The molecule has 35 heavy (non-hydrogen) atoms. The summed E-state index contributed by atoms with van der Waals surface area (Å²) in [7, 11) is 0. The molecule has 0 spiro atoms. The van der Waals surface area contributed by atoms with Crippen LogP contribution in [-0.2, 0) is 24.1 Å². The molecular formula is C27H19Cl3N2O3. The van der Waals surface area contributed by atoms with Gasteiger partial charge in [-0.05, 0) is 47.4 Å². The molecule has 3 amide bonds. The van der Waals surface area contributed by atoms with Gasteiger partial charge in [0.15, 0.2) is 0 Å². The van der Waals surface area contributed by atoms with Gasteiger partial charge in [-0.3, -0.25) is 19.3 Å². The van der Waals surface area contributed by atoms with E-state index in [1.165, 1.54) is 6.92 Å². The first-order valence-corrected chi connectivity index (χ1v) is 12.3. The summed E-state index contributed by atoms with van der Waals surface area (Å²) in [5, 5.41) is 3.19. The molecule has 8 heteroatoms. The van der Waals surface area contributed by atoms with Crippen molar-refractivity contribution in [1.82, 2.24) is 4.90 Å². The number of likely N-dealkylation sites (tertiary alicyclic amines) is 1. The lowest BCUT2D eigenvalue weighted by Gasteiger charge is -2.54. The number of rotatable bonds is 3. The highest BCUT2D eigenvalue weighted by Crippen LogP contribution is 2.69. The van der Waals surface area contributed by atoms with Gasteiger partial charge in [-0.25, -0.2) is 0 Å². The van der Waals surface area contributed by atoms with Gasteiger partial charge in [0.25, 0.3) is 0 Å². The summed E-state index contributed by atoms with van der Waals surface area (Å²) in [4.78, 5) is 39.4. The Bertz CT molecular complexity index is 1320. The fourth-order valence-electron chi connectivity index (χ4n) is 6.00. The molecule has 3 aromatic rings. The number of amides is 3. The Kier molecular flexibility index (Phi) is 4.89. The van der Waals surface area contributed by atoms with Crippen LogP contribution in [-0.4, -0.2) is 28.7 Å². The van der Waals surface area contributed by atoms with Gasteiger partial charge >= 0.3 is 0 Å². The van der Waals surface area contributed by atoms with E-state index in [0.29, 0.717) is 10.7 Å². The lowest BCUT2D eigenvalue weighted by Crippen LogP contribution is -2.57. The topological polar surface area (TPSA) is 66.5 Å². The van der Waals surface area contributed by atoms with E-state index in [4.69, 9.17) is 34.8 Å². The number of benzene rings is 3. The lowest BCUT2D eigenvalue weighted by atomic mass is 9.54. The van der Waals surface area contributed by atoms with Crippen LogP contribution in [0.25, 0.3) is 0 Å². The zero-order chi connectivity index (χ0) is 24.7. The molecule has 0 unspecified atom stereocenters. The number of halogens is 3. The Morgan fingerprint density at radius 3 is 1.71 bits per heavy atom. The Morgan fingerprint density at radius 1 is 0.829 bits per heavy atom. The minimum Gasteiger partial charge on any atom is -0.324 e. The minimum atomic E-state index is -1.28. The summed E-state index contributed by atoms with van der Waals surface area (Å²) in [6, 6.07) is 20.4. The first-order valence-electron chi connectivity index (χ1n) is 11.2. The molecule has 4 aliphatic rings. The normalized spacial score (nSPS) is 28.9. The van der Waals surface area contributed by atoms with Gasteiger partial charge in [-0.15, -0.1) is 23.2 Å². The quantitative estimate of drug-likeness (QED) is 0.375. The molecule has 2 bridgehead atoms. The van der Waals surface area contributed by atoms with E-state index in [0.717, 1.165) is 27.2 Å². The van der Waals surface area contributed by atoms with Crippen LogP contribution >= 0.6 is 34.8 Å². The van der Waals surface area contributed by atoms with Crippen molar-refractivity contribution in [2.45, 2.75) is 22.7 Å². The van der Waals surface area contributed by atoms with Gasteiger partial charge in [0, 0.05) is 10.7 Å². The highest BCUT2D eigenvalue weighted by atomic mass is 35.5. The Hall–Kier alpha value is -2.86. The van der Waals surface area contributed by atoms with Crippen LogP contribution in [0.4, 0.5) is 5.69 Å². The van der Waals surface area contributed by atoms with E-state index in [9.17, 15) is 14.4 Å². The van der Waals surface area contributed by atoms with E-state index in [2.05, 4.69) is 5.32 Å². The predicted octanol–water partition coefficient (Wildman–Crippen LogP) is 5.26. The lowest BCUT2D eigenvalue weighted by molar-refractivity contribution is -0.146. The predicted molar refractivity (Wildman–Crippen MR) is 135 cm³/mol. The molecule has 3 aliphatic carbocycles. The fraction of sp³-hybridized carbons (Fsp3) is 0.222. The summed E-state index contributed by atoms with van der Waals surface area (Å²) in [5.41, 5.74) is 3.34. The third kappa shape index (κ3) is 2.80. The third-order valence-electron chi connectivity index (χ3n) is 7.48. The van der Waals surface area contributed by atoms with E-state index in [-0.39, 0.29) is 0 Å². The molecule has 3 aromatic carbocycles. The van der Waals surface area contributed by atoms with Crippen molar-refractivity contribution in [1.29, 1.82) is 0 Å². The van der Waals surface area contributed by atoms with Crippen LogP contribution in [0.15, 0.2) is 72.8 Å². The van der Waals surface area contributed by atoms with Crippen molar-refractivity contribution in [3.63, 3.8) is 0 Å². The molecule has 5 nitrogen and oxygen atoms in total. The van der Waals surface area contributed by atoms with Crippen molar-refractivity contribution < 1.29 is 14.4 Å². The number of alkyl halides is 2. The molecule has 3 atom stereocenters. The smallest absolute Gasteiger partial charge is 0.247 e. The number of carbonyl (C=O) groups excluding carboxylic acids is 3. The van der Waals surface area contributed by atoms with E-state index in [1.54, 1.807) is 24.3 Å². The van der Waals surface area contributed by atoms with Crippen molar-refractivity contribution >= 4 is 58.2 Å². The van der Waals surface area contributed by atoms with Crippen LogP contribution in [0.1, 0.15) is 29.2 Å². The van der Waals surface area contributed by atoms with E-state index < -0.39 is 45.3 Å². The maximum atomic E-state index is 13.9. The number of hydrogen-bond acceptors (Lipinski definition) is 3. The van der Waals surface area contributed by atoms with Gasteiger partial charge in [0.05, 0.1) is 11.8 Å². The largest absolute Gasteiger partial charge is 0.324 e. The second-order valence-corrected chi connectivity index (χ2v) is 10.8. The second-order valence-electron chi connectivity index (χ2n) is 9.19. The Labute approximate surface area is 217 Å². The maximum absolute atomic E-state index is 13.9. The molecular weight excluding hydrogens is 507 g/mol. The van der Waals surface area contributed by atoms with Crippen LogP contribution in [0.5, 0.6) is 0 Å². The molecule has 176 valence electrons. The standard InChI is InChI=1S/C27H19Cl3N2O3/c1-14(23(33)31-16-8-6-7-15(28)13-16)32-24(34)21-22(25(32)35)27(30)18-10-3-2-9-17(18)26(21,29)19-11-4-5-12-20(19)27/h2-14,21-22H,1H3,(H,31,33)/t14-,21-,22-,26?,27?/m1/s1. The highest BCUT2D eigenvalue weighted by Gasteiger charge is 2.73. The van der Waals surface area contributed by atoms with Crippen LogP contribution in [0.2, 0.25) is 5.02 Å². The van der Waals surface area contributed by atoms with Gasteiger partial charge in [-0.2, -0.15) is 0 Å². The van der Waals surface area contributed by atoms with Gasteiger partial charge in [0.1, 0.15) is 15.8 Å². The molecule has 1 heterocycles. The molecule has 1 N–H and O–H groups in total. The van der Waals surface area contributed by atoms with Crippen LogP contribution in [0.3, 0.4) is 0 Å². The van der Waals surface area contributed by atoms with E-state index in [1.807, 2.05) is 48.5 Å². The SMILES string of the molecule is C[C@H](C(=O)Nc1cccc(Cl)c1)N1C(=O)[C@H]2[C@H](C1=O)C1(Cl)c3ccccc3C2(Cl)c2ccccc21. The molecule has 7 rings (SSSR count). The minimum absolute atomic E-state index is 0.454. The first-order chi connectivity index (χ1) is 16.7. The van der Waals surface area contributed by atoms with E-state index >= 15 is 0 Å². The molecule has 1 aliphatic heterocycles. The number of anilines is 1. The van der Waals surface area contributed by atoms with Gasteiger partial charge in [0.2, 0.25) is 17.7 Å². The number of carbonyl (C=O) groups is 3. The average molecular weight is 526 g/mol. The summed E-state index contributed by atoms with van der Waals surface area (Å²) in [6.07, 6.45) is 0. The number of nitrogens with zero attached hydrogens (tertiary/aromatic N) is 1. The van der Waals surface area contributed by atoms with Crippen molar-refractivity contribution in [2.24, 2.45) is 11.8 Å². The molecule has 1 fully saturated rings. The van der Waals surface area contributed by atoms with Crippen molar-refractivity contribution in [3.05, 3.63) is 100 Å². The molecule has 0 radical (unpaired) electrons. The summed E-state index contributed by atoms with van der Waals surface area (Å²) < 4.78 is 0. The monoisotopic (exact) mass is 524 g/mol. The zero-order valence-corrected chi connectivity index (χ0v) is 20.7. The summed E-state index contributed by atoms with van der Waals surface area (Å²) in [6.45, 7) is 1.52. The first kappa shape index (κ1) is 22.6. The number of hydrogen-bond donors (Lipinski definition) is 1. The van der Waals surface area contributed by atoms with Crippen LogP contribution < -0.4 is 5.32 Å². The zero-order valence-electron chi connectivity index (χ0n) is 18.5. The summed E-state index contributed by atoms with van der Waals surface area (Å²) in [5.74, 6) is -3.40. The Morgan fingerprint density at radius 2 is 1.29 bits per heavy atom. The molecule has 0 aromatic heterocycles. The molecule has 0 saturated carbocycles. The molecule has 1 saturated heterocycles. The number of nitrogens with one attached hydrogen (secondary N) is 1. The van der Waals surface area contributed by atoms with Crippen molar-refractivity contribution in [2.75, 3.05) is 5.32 Å². The van der Waals surface area contributed by atoms with Crippen LogP contribution in [0, 0.1) is 11.8 Å². The van der Waals surface area contributed by atoms with Crippen molar-refractivity contribution in [3.8, 4) is 0 Å². The highest BCUT2D eigenvalue weighted by molar-refractivity contribution is 6.36. The Balaban J connectivity index is 1.46. The third-order valence-corrected chi connectivity index (χ3v) is 9.00. The van der Waals surface area contributed by atoms with Gasteiger partial charge < -0.3 is 5.32 Å². The number of imide groups is 1. The fourth-order valence-corrected chi connectivity index (χ4v) is 7.29. The maximum Gasteiger partial charge on any atom is 0.247 e. The van der Waals surface area contributed by atoms with Gasteiger partial charge in [-0.1, -0.05) is 66.2 Å². The second kappa shape index (κ2) is 7.57. The average Bonchev–Trinajstić information content (AvgIpc) is 3.13.